The summed E-state index contributed by atoms with van der Waals surface area (Å²) in [6.45, 7) is 3.89. The van der Waals surface area contributed by atoms with Crippen molar-refractivity contribution >= 4 is 11.8 Å². The van der Waals surface area contributed by atoms with E-state index in [1.807, 2.05) is 13.8 Å². The second-order valence-corrected chi connectivity index (χ2v) is 4.85. The van der Waals surface area contributed by atoms with Gasteiger partial charge in [0.05, 0.1) is 12.6 Å². The smallest absolute Gasteiger partial charge is 0.433 e. The molecule has 0 aliphatic rings. The number of hydrogen-bond donors (Lipinski definition) is 2. The Bertz CT molecular complexity index is 504. The number of halogens is 3. The Kier molecular flexibility index (Phi) is 5.54. The largest absolute Gasteiger partial charge is 0.478 e. The number of hydrogen-bond acceptors (Lipinski definition) is 4. The van der Waals surface area contributed by atoms with E-state index in [9.17, 15) is 18.0 Å². The van der Waals surface area contributed by atoms with Gasteiger partial charge in [-0.25, -0.2) is 9.78 Å². The van der Waals surface area contributed by atoms with Crippen molar-refractivity contribution in [2.24, 2.45) is 5.92 Å². The quantitative estimate of drug-likeness (QED) is 0.845. The van der Waals surface area contributed by atoms with Crippen LogP contribution in [-0.2, 0) is 10.9 Å². The molecule has 8 heteroatoms. The molecule has 1 unspecified atom stereocenters. The van der Waals surface area contributed by atoms with Crippen LogP contribution in [0.1, 0.15) is 29.9 Å². The van der Waals surface area contributed by atoms with Crippen LogP contribution in [0.15, 0.2) is 12.1 Å². The lowest BCUT2D eigenvalue weighted by molar-refractivity contribution is -0.141. The lowest BCUT2D eigenvalue weighted by Crippen LogP contribution is -2.32. The first kappa shape index (κ1) is 17.2. The Hall–Kier alpha value is -1.83. The summed E-state index contributed by atoms with van der Waals surface area (Å²) < 4.78 is 43.0. The summed E-state index contributed by atoms with van der Waals surface area (Å²) in [5.74, 6) is -1.64. The third-order valence-electron chi connectivity index (χ3n) is 2.89. The molecule has 0 saturated heterocycles. The Morgan fingerprint density at radius 3 is 2.48 bits per heavy atom. The van der Waals surface area contributed by atoms with Crippen LogP contribution in [-0.4, -0.2) is 35.8 Å². The van der Waals surface area contributed by atoms with E-state index in [2.05, 4.69) is 10.3 Å². The van der Waals surface area contributed by atoms with Crippen molar-refractivity contribution < 1.29 is 27.8 Å². The summed E-state index contributed by atoms with van der Waals surface area (Å²) in [4.78, 5) is 14.5. The van der Waals surface area contributed by atoms with Crippen LogP contribution in [0.5, 0.6) is 0 Å². The van der Waals surface area contributed by atoms with Crippen molar-refractivity contribution in [3.05, 3.63) is 23.4 Å². The van der Waals surface area contributed by atoms with Gasteiger partial charge in [0, 0.05) is 7.11 Å². The van der Waals surface area contributed by atoms with Gasteiger partial charge < -0.3 is 15.2 Å². The minimum absolute atomic E-state index is 0.0166. The molecule has 21 heavy (non-hydrogen) atoms. The predicted octanol–water partition coefficient (Wildman–Crippen LogP) is 2.88. The summed E-state index contributed by atoms with van der Waals surface area (Å²) in [5.41, 5.74) is -1.46. The Balaban J connectivity index is 3.20. The van der Waals surface area contributed by atoms with Gasteiger partial charge in [-0.3, -0.25) is 0 Å². The number of carboxylic acid groups (broad SMARTS) is 1. The van der Waals surface area contributed by atoms with Gasteiger partial charge in [-0.15, -0.1) is 0 Å². The number of methoxy groups -OCH3 is 1. The minimum atomic E-state index is -4.64. The van der Waals surface area contributed by atoms with Gasteiger partial charge in [-0.2, -0.15) is 13.2 Å². The molecule has 0 amide bonds. The number of rotatable bonds is 6. The molecule has 0 bridgehead atoms. The van der Waals surface area contributed by atoms with Crippen LogP contribution in [0.4, 0.5) is 19.0 Å². The molecule has 1 aromatic heterocycles. The Morgan fingerprint density at radius 2 is 2.05 bits per heavy atom. The number of aromatic carboxylic acids is 1. The van der Waals surface area contributed by atoms with Gasteiger partial charge in [-0.05, 0) is 18.1 Å². The average molecular weight is 306 g/mol. The lowest BCUT2D eigenvalue weighted by atomic mass is 10.0. The first-order valence-electron chi connectivity index (χ1n) is 6.23. The molecule has 1 rings (SSSR count). The number of nitrogens with one attached hydrogen (secondary N) is 1. The molecule has 0 saturated carbocycles. The number of pyridine rings is 1. The van der Waals surface area contributed by atoms with Crippen molar-refractivity contribution in [2.45, 2.75) is 26.1 Å². The zero-order chi connectivity index (χ0) is 16.2. The van der Waals surface area contributed by atoms with Crippen LogP contribution in [0.2, 0.25) is 0 Å². The van der Waals surface area contributed by atoms with E-state index in [0.717, 1.165) is 6.07 Å². The van der Waals surface area contributed by atoms with Gasteiger partial charge in [-0.1, -0.05) is 13.8 Å². The monoisotopic (exact) mass is 306 g/mol. The van der Waals surface area contributed by atoms with E-state index in [1.54, 1.807) is 0 Å². The first-order chi connectivity index (χ1) is 9.66. The Labute approximate surface area is 120 Å². The van der Waals surface area contributed by atoms with Crippen LogP contribution in [0.25, 0.3) is 0 Å². The van der Waals surface area contributed by atoms with Crippen LogP contribution >= 0.6 is 0 Å². The lowest BCUT2D eigenvalue weighted by Gasteiger charge is -2.23. The molecule has 1 heterocycles. The second-order valence-electron chi connectivity index (χ2n) is 4.85. The summed E-state index contributed by atoms with van der Waals surface area (Å²) in [7, 11) is 1.45. The maximum atomic E-state index is 12.7. The number of nitrogens with zero attached hydrogens (tertiary/aromatic N) is 1. The van der Waals surface area contributed by atoms with Gasteiger partial charge in [0.15, 0.2) is 0 Å². The molecule has 0 radical (unpaired) electrons. The summed E-state index contributed by atoms with van der Waals surface area (Å²) >= 11 is 0. The van der Waals surface area contributed by atoms with Crippen LogP contribution in [0, 0.1) is 5.92 Å². The molecule has 2 N–H and O–H groups in total. The van der Waals surface area contributed by atoms with Gasteiger partial charge in [0.2, 0.25) is 0 Å². The standard InChI is InChI=1S/C13H17F3N2O3/c1-7(2)9(6-21-3)17-11-8(12(19)20)4-5-10(18-11)13(14,15)16/h4-5,7,9H,6H2,1-3H3,(H,17,18)(H,19,20). The maximum absolute atomic E-state index is 12.7. The third kappa shape index (κ3) is 4.59. The van der Waals surface area contributed by atoms with Gasteiger partial charge in [0.1, 0.15) is 17.1 Å². The molecule has 0 aromatic carbocycles. The van der Waals surface area contributed by atoms with Gasteiger partial charge >= 0.3 is 12.1 Å². The maximum Gasteiger partial charge on any atom is 0.433 e. The zero-order valence-electron chi connectivity index (χ0n) is 11.9. The van der Waals surface area contributed by atoms with Crippen molar-refractivity contribution in [3.8, 4) is 0 Å². The Morgan fingerprint density at radius 1 is 1.43 bits per heavy atom. The van der Waals surface area contributed by atoms with Crippen LogP contribution < -0.4 is 5.32 Å². The predicted molar refractivity (Wildman–Crippen MR) is 70.3 cm³/mol. The molecule has 0 spiro atoms. The van der Waals surface area contributed by atoms with Crippen LogP contribution in [0.3, 0.4) is 0 Å². The average Bonchev–Trinajstić information content (AvgIpc) is 2.36. The molecular weight excluding hydrogens is 289 g/mol. The molecule has 0 aliphatic carbocycles. The molecule has 118 valence electrons. The van der Waals surface area contributed by atoms with Crippen molar-refractivity contribution in [1.82, 2.24) is 4.98 Å². The van der Waals surface area contributed by atoms with E-state index in [0.29, 0.717) is 6.07 Å². The molecule has 1 atom stereocenters. The number of anilines is 1. The van der Waals surface area contributed by atoms with E-state index in [1.165, 1.54) is 7.11 Å². The fourth-order valence-corrected chi connectivity index (χ4v) is 1.66. The topological polar surface area (TPSA) is 71.5 Å². The SMILES string of the molecule is COCC(Nc1nc(C(F)(F)F)ccc1C(=O)O)C(C)C. The summed E-state index contributed by atoms with van der Waals surface area (Å²) in [6.07, 6.45) is -4.64. The highest BCUT2D eigenvalue weighted by molar-refractivity contribution is 5.93. The fourth-order valence-electron chi connectivity index (χ4n) is 1.66. The molecule has 0 aliphatic heterocycles. The fraction of sp³-hybridized carbons (Fsp3) is 0.538. The van der Waals surface area contributed by atoms with E-state index >= 15 is 0 Å². The summed E-state index contributed by atoms with van der Waals surface area (Å²) in [6, 6.07) is 1.18. The third-order valence-corrected chi connectivity index (χ3v) is 2.89. The normalized spacial score (nSPS) is 13.3. The number of alkyl halides is 3. The highest BCUT2D eigenvalue weighted by Crippen LogP contribution is 2.30. The van der Waals surface area contributed by atoms with E-state index in [4.69, 9.17) is 9.84 Å². The number of ether oxygens (including phenoxy) is 1. The minimum Gasteiger partial charge on any atom is -0.478 e. The zero-order valence-corrected chi connectivity index (χ0v) is 11.9. The molecular formula is C13H17F3N2O3. The second kappa shape index (κ2) is 6.75. The van der Waals surface area contributed by atoms with Crippen molar-refractivity contribution in [3.63, 3.8) is 0 Å². The van der Waals surface area contributed by atoms with E-state index < -0.39 is 17.8 Å². The highest BCUT2D eigenvalue weighted by Gasteiger charge is 2.34. The van der Waals surface area contributed by atoms with E-state index in [-0.39, 0.29) is 29.9 Å². The molecule has 5 nitrogen and oxygen atoms in total. The van der Waals surface area contributed by atoms with Gasteiger partial charge in [0.25, 0.3) is 0 Å². The van der Waals surface area contributed by atoms with Crippen molar-refractivity contribution in [1.29, 1.82) is 0 Å². The van der Waals surface area contributed by atoms with Crippen molar-refractivity contribution in [2.75, 3.05) is 19.0 Å². The summed E-state index contributed by atoms with van der Waals surface area (Å²) in [5, 5.41) is 11.8. The number of carbonyl (C=O) groups is 1. The first-order valence-corrected chi connectivity index (χ1v) is 6.23. The highest BCUT2D eigenvalue weighted by atomic mass is 19.4. The molecule has 1 aromatic rings. The number of carboxylic acids is 1. The number of aromatic nitrogens is 1. The molecule has 0 fully saturated rings.